The van der Waals surface area contributed by atoms with Crippen LogP contribution < -0.4 is 4.74 Å². The van der Waals surface area contributed by atoms with E-state index in [1.165, 1.54) is 13.3 Å². The molecule has 2 heterocycles. The van der Waals surface area contributed by atoms with E-state index in [-0.39, 0.29) is 17.9 Å². The minimum absolute atomic E-state index is 0.0620. The van der Waals surface area contributed by atoms with Crippen molar-refractivity contribution in [2.24, 2.45) is 5.92 Å². The van der Waals surface area contributed by atoms with Gasteiger partial charge < -0.3 is 14.7 Å². The van der Waals surface area contributed by atoms with Crippen LogP contribution in [0.15, 0.2) is 18.5 Å². The van der Waals surface area contributed by atoms with Crippen LogP contribution in [0.1, 0.15) is 23.7 Å². The Kier molecular flexibility index (Phi) is 3.81. The number of aliphatic hydroxyl groups excluding tert-OH is 1. The quantitative estimate of drug-likeness (QED) is 0.848. The summed E-state index contributed by atoms with van der Waals surface area (Å²) >= 11 is 0. The third kappa shape index (κ3) is 2.46. The summed E-state index contributed by atoms with van der Waals surface area (Å²) in [6.45, 7) is 3.11. The molecule has 0 saturated carbocycles. The Morgan fingerprint density at radius 3 is 3.06 bits per heavy atom. The van der Waals surface area contributed by atoms with Gasteiger partial charge in [0.05, 0.1) is 25.0 Å². The van der Waals surface area contributed by atoms with Gasteiger partial charge in [-0.25, -0.2) is 0 Å². The molecule has 2 atom stereocenters. The minimum Gasteiger partial charge on any atom is -0.494 e. The van der Waals surface area contributed by atoms with E-state index in [1.807, 2.05) is 6.92 Å². The summed E-state index contributed by atoms with van der Waals surface area (Å²) in [5, 5.41) is 9.68. The van der Waals surface area contributed by atoms with Gasteiger partial charge in [-0.15, -0.1) is 0 Å². The van der Waals surface area contributed by atoms with E-state index in [0.717, 1.165) is 0 Å². The maximum Gasteiger partial charge on any atom is 0.257 e. The number of pyridine rings is 1. The van der Waals surface area contributed by atoms with Gasteiger partial charge in [0, 0.05) is 19.3 Å². The van der Waals surface area contributed by atoms with E-state index in [1.54, 1.807) is 17.2 Å². The molecule has 1 aromatic rings. The molecule has 0 bridgehead atoms. The standard InChI is InChI=1S/C13H18N2O3/c1-9-8-15(6-4-11(9)16)13(17)10-3-5-14-7-12(10)18-2/h3,5,7,9,11,16H,4,6,8H2,1-2H3. The maximum atomic E-state index is 12.4. The SMILES string of the molecule is COc1cnccc1C(=O)N1CCC(O)C(C)C1. The third-order valence-electron chi connectivity index (χ3n) is 3.38. The van der Waals surface area contributed by atoms with Gasteiger partial charge in [0.1, 0.15) is 5.75 Å². The number of aliphatic hydroxyl groups is 1. The van der Waals surface area contributed by atoms with Crippen LogP contribution in [0.3, 0.4) is 0 Å². The molecule has 1 N–H and O–H groups in total. The van der Waals surface area contributed by atoms with Crippen molar-refractivity contribution < 1.29 is 14.6 Å². The lowest BCUT2D eigenvalue weighted by molar-refractivity contribution is 0.0296. The van der Waals surface area contributed by atoms with Crippen LogP contribution in [0.25, 0.3) is 0 Å². The number of methoxy groups -OCH3 is 1. The number of piperidine rings is 1. The highest BCUT2D eigenvalue weighted by Gasteiger charge is 2.28. The van der Waals surface area contributed by atoms with Crippen LogP contribution >= 0.6 is 0 Å². The lowest BCUT2D eigenvalue weighted by atomic mass is 9.96. The number of ether oxygens (including phenoxy) is 1. The second-order valence-electron chi connectivity index (χ2n) is 4.66. The number of likely N-dealkylation sites (tertiary alicyclic amines) is 1. The first-order chi connectivity index (χ1) is 8.63. The fraction of sp³-hybridized carbons (Fsp3) is 0.538. The summed E-state index contributed by atoms with van der Waals surface area (Å²) in [6.07, 6.45) is 3.43. The lowest BCUT2D eigenvalue weighted by Crippen LogP contribution is -2.45. The average molecular weight is 250 g/mol. The number of amides is 1. The van der Waals surface area contributed by atoms with Gasteiger partial charge in [-0.1, -0.05) is 6.92 Å². The van der Waals surface area contributed by atoms with Gasteiger partial charge in [-0.2, -0.15) is 0 Å². The fourth-order valence-corrected chi connectivity index (χ4v) is 2.21. The highest BCUT2D eigenvalue weighted by atomic mass is 16.5. The van der Waals surface area contributed by atoms with Gasteiger partial charge in [0.25, 0.3) is 5.91 Å². The molecule has 2 rings (SSSR count). The molecule has 0 aliphatic carbocycles. The van der Waals surface area contributed by atoms with E-state index in [9.17, 15) is 9.90 Å². The van der Waals surface area contributed by atoms with E-state index in [0.29, 0.717) is 30.8 Å². The summed E-state index contributed by atoms with van der Waals surface area (Å²) in [4.78, 5) is 18.1. The van der Waals surface area contributed by atoms with Crippen LogP contribution in [-0.2, 0) is 0 Å². The van der Waals surface area contributed by atoms with Crippen molar-refractivity contribution in [3.05, 3.63) is 24.0 Å². The van der Waals surface area contributed by atoms with Crippen molar-refractivity contribution in [1.82, 2.24) is 9.88 Å². The monoisotopic (exact) mass is 250 g/mol. The number of hydrogen-bond acceptors (Lipinski definition) is 4. The van der Waals surface area contributed by atoms with Crippen molar-refractivity contribution in [1.29, 1.82) is 0 Å². The largest absolute Gasteiger partial charge is 0.494 e. The Hall–Kier alpha value is -1.62. The second-order valence-corrected chi connectivity index (χ2v) is 4.66. The van der Waals surface area contributed by atoms with Gasteiger partial charge in [-0.05, 0) is 18.4 Å². The van der Waals surface area contributed by atoms with E-state index >= 15 is 0 Å². The van der Waals surface area contributed by atoms with Gasteiger partial charge >= 0.3 is 0 Å². The summed E-state index contributed by atoms with van der Waals surface area (Å²) in [5.41, 5.74) is 0.524. The fourth-order valence-electron chi connectivity index (χ4n) is 2.21. The third-order valence-corrected chi connectivity index (χ3v) is 3.38. The second kappa shape index (κ2) is 5.35. The van der Waals surface area contributed by atoms with E-state index < -0.39 is 0 Å². The first kappa shape index (κ1) is 12.8. The molecule has 5 heteroatoms. The molecule has 1 aliphatic heterocycles. The number of nitrogens with zero attached hydrogens (tertiary/aromatic N) is 2. The van der Waals surface area contributed by atoms with Crippen molar-refractivity contribution >= 4 is 5.91 Å². The molecule has 1 amide bonds. The molecule has 5 nitrogen and oxygen atoms in total. The molecule has 0 aromatic carbocycles. The normalized spacial score (nSPS) is 23.8. The van der Waals surface area contributed by atoms with Gasteiger partial charge in [-0.3, -0.25) is 9.78 Å². The van der Waals surface area contributed by atoms with Crippen LogP contribution in [0.2, 0.25) is 0 Å². The minimum atomic E-state index is -0.312. The molecule has 1 aliphatic rings. The first-order valence-corrected chi connectivity index (χ1v) is 6.09. The maximum absolute atomic E-state index is 12.4. The van der Waals surface area contributed by atoms with E-state index in [2.05, 4.69) is 4.98 Å². The van der Waals surface area contributed by atoms with Crippen molar-refractivity contribution in [2.45, 2.75) is 19.4 Å². The molecule has 1 fully saturated rings. The van der Waals surface area contributed by atoms with Crippen LogP contribution in [0.4, 0.5) is 0 Å². The van der Waals surface area contributed by atoms with Gasteiger partial charge in [0.2, 0.25) is 0 Å². The Morgan fingerprint density at radius 2 is 2.39 bits per heavy atom. The summed E-state index contributed by atoms with van der Waals surface area (Å²) in [7, 11) is 1.52. The molecule has 2 unspecified atom stereocenters. The lowest BCUT2D eigenvalue weighted by Gasteiger charge is -2.34. The molecule has 0 spiro atoms. The first-order valence-electron chi connectivity index (χ1n) is 6.09. The highest BCUT2D eigenvalue weighted by molar-refractivity contribution is 5.96. The highest BCUT2D eigenvalue weighted by Crippen LogP contribution is 2.22. The summed E-state index contributed by atoms with van der Waals surface area (Å²) in [6, 6.07) is 1.66. The predicted molar refractivity (Wildman–Crippen MR) is 66.5 cm³/mol. The van der Waals surface area contributed by atoms with Crippen LogP contribution in [0.5, 0.6) is 5.75 Å². The van der Waals surface area contributed by atoms with Gasteiger partial charge in [0.15, 0.2) is 0 Å². The molecular weight excluding hydrogens is 232 g/mol. The number of hydrogen-bond donors (Lipinski definition) is 1. The Balaban J connectivity index is 2.16. The van der Waals surface area contributed by atoms with Crippen LogP contribution in [0, 0.1) is 5.92 Å². The molecule has 1 saturated heterocycles. The molecular formula is C13H18N2O3. The zero-order chi connectivity index (χ0) is 13.1. The van der Waals surface area contributed by atoms with Crippen molar-refractivity contribution in [3.63, 3.8) is 0 Å². The predicted octanol–water partition coefficient (Wildman–Crippen LogP) is 0.933. The molecule has 98 valence electrons. The van der Waals surface area contributed by atoms with Crippen LogP contribution in [-0.4, -0.2) is 47.2 Å². The number of aromatic nitrogens is 1. The average Bonchev–Trinajstić information content (AvgIpc) is 2.41. The van der Waals surface area contributed by atoms with Crippen molar-refractivity contribution in [3.8, 4) is 5.75 Å². The Bertz CT molecular complexity index is 436. The zero-order valence-corrected chi connectivity index (χ0v) is 10.7. The molecule has 18 heavy (non-hydrogen) atoms. The Labute approximate surface area is 106 Å². The molecule has 0 radical (unpaired) electrons. The topological polar surface area (TPSA) is 62.7 Å². The summed E-state index contributed by atoms with van der Waals surface area (Å²) in [5.74, 6) is 0.532. The number of rotatable bonds is 2. The summed E-state index contributed by atoms with van der Waals surface area (Å²) < 4.78 is 5.15. The number of carbonyl (C=O) groups excluding carboxylic acids is 1. The number of carbonyl (C=O) groups is 1. The van der Waals surface area contributed by atoms with Crippen molar-refractivity contribution in [2.75, 3.05) is 20.2 Å². The zero-order valence-electron chi connectivity index (χ0n) is 10.7. The smallest absolute Gasteiger partial charge is 0.257 e. The molecule has 1 aromatic heterocycles. The van der Waals surface area contributed by atoms with E-state index in [4.69, 9.17) is 4.74 Å². The Morgan fingerprint density at radius 1 is 1.61 bits per heavy atom.